The summed E-state index contributed by atoms with van der Waals surface area (Å²) in [6, 6.07) is 4.94. The second-order valence-electron chi connectivity index (χ2n) is 3.69. The Balaban J connectivity index is 2.62. The Kier molecular flexibility index (Phi) is 3.97. The number of pyridine rings is 1. The monoisotopic (exact) mass is 302 g/mol. The highest BCUT2D eigenvalue weighted by molar-refractivity contribution is 6.48. The summed E-state index contributed by atoms with van der Waals surface area (Å²) in [4.78, 5) is 4.19. The SMILES string of the molecule is Nc1cnc(-c2cc(Cl)c(Cl)c(Cl)c2)c(CO)c1. The zero-order chi connectivity index (χ0) is 13.3. The van der Waals surface area contributed by atoms with Gasteiger partial charge >= 0.3 is 0 Å². The number of nitrogen functional groups attached to an aromatic ring is 1. The summed E-state index contributed by atoms with van der Waals surface area (Å²) in [5, 5.41) is 10.3. The van der Waals surface area contributed by atoms with Gasteiger partial charge in [-0.1, -0.05) is 34.8 Å². The maximum absolute atomic E-state index is 9.31. The highest BCUT2D eigenvalue weighted by Gasteiger charge is 2.11. The first-order chi connectivity index (χ1) is 8.52. The van der Waals surface area contributed by atoms with Gasteiger partial charge < -0.3 is 10.8 Å². The number of benzene rings is 1. The van der Waals surface area contributed by atoms with Crippen LogP contribution in [0.1, 0.15) is 5.56 Å². The molecule has 18 heavy (non-hydrogen) atoms. The number of anilines is 1. The molecule has 0 unspecified atom stereocenters. The van der Waals surface area contributed by atoms with E-state index in [1.54, 1.807) is 18.2 Å². The van der Waals surface area contributed by atoms with E-state index in [1.165, 1.54) is 6.20 Å². The van der Waals surface area contributed by atoms with Crippen LogP contribution < -0.4 is 5.73 Å². The van der Waals surface area contributed by atoms with Crippen LogP contribution in [-0.2, 0) is 6.61 Å². The van der Waals surface area contributed by atoms with Crippen LogP contribution in [0.3, 0.4) is 0 Å². The van der Waals surface area contributed by atoms with Crippen molar-refractivity contribution in [3.8, 4) is 11.3 Å². The molecule has 0 spiro atoms. The molecule has 94 valence electrons. The van der Waals surface area contributed by atoms with Crippen LogP contribution in [0.15, 0.2) is 24.4 Å². The molecule has 1 aromatic heterocycles. The summed E-state index contributed by atoms with van der Waals surface area (Å²) >= 11 is 17.8. The molecular formula is C12H9Cl3N2O. The molecule has 0 saturated carbocycles. The van der Waals surface area contributed by atoms with Gasteiger partial charge in [0, 0.05) is 11.1 Å². The van der Waals surface area contributed by atoms with Crippen LogP contribution >= 0.6 is 34.8 Å². The molecule has 3 N–H and O–H groups in total. The van der Waals surface area contributed by atoms with Gasteiger partial charge in [0.15, 0.2) is 0 Å². The molecule has 0 aliphatic rings. The fourth-order valence-corrected chi connectivity index (χ4v) is 2.20. The molecule has 3 nitrogen and oxygen atoms in total. The molecule has 0 amide bonds. The highest BCUT2D eigenvalue weighted by atomic mass is 35.5. The number of nitrogens with two attached hydrogens (primary N) is 1. The lowest BCUT2D eigenvalue weighted by Crippen LogP contribution is -1.96. The van der Waals surface area contributed by atoms with Crippen LogP contribution in [0.4, 0.5) is 5.69 Å². The second-order valence-corrected chi connectivity index (χ2v) is 4.88. The maximum atomic E-state index is 9.31. The average molecular weight is 304 g/mol. The number of aliphatic hydroxyl groups excluding tert-OH is 1. The molecule has 0 saturated heterocycles. The lowest BCUT2D eigenvalue weighted by atomic mass is 10.1. The van der Waals surface area contributed by atoms with E-state index in [1.807, 2.05) is 0 Å². The smallest absolute Gasteiger partial charge is 0.0778 e. The van der Waals surface area contributed by atoms with Gasteiger partial charge in [-0.3, -0.25) is 4.98 Å². The zero-order valence-electron chi connectivity index (χ0n) is 9.12. The Morgan fingerprint density at radius 2 is 1.72 bits per heavy atom. The predicted octanol–water partition coefficient (Wildman–Crippen LogP) is 3.78. The van der Waals surface area contributed by atoms with E-state index >= 15 is 0 Å². The molecule has 1 aromatic carbocycles. The number of hydrogen-bond acceptors (Lipinski definition) is 3. The van der Waals surface area contributed by atoms with Gasteiger partial charge in [0.25, 0.3) is 0 Å². The largest absolute Gasteiger partial charge is 0.397 e. The van der Waals surface area contributed by atoms with Crippen LogP contribution in [0.5, 0.6) is 0 Å². The van der Waals surface area contributed by atoms with Gasteiger partial charge in [0.05, 0.1) is 39.3 Å². The molecular weight excluding hydrogens is 295 g/mol. The summed E-state index contributed by atoms with van der Waals surface area (Å²) in [6.07, 6.45) is 1.50. The number of aromatic nitrogens is 1. The van der Waals surface area contributed by atoms with Gasteiger partial charge in [0.1, 0.15) is 0 Å². The molecule has 0 bridgehead atoms. The summed E-state index contributed by atoms with van der Waals surface area (Å²) in [6.45, 7) is -0.175. The van der Waals surface area contributed by atoms with E-state index in [0.717, 1.165) is 0 Å². The standard InChI is InChI=1S/C12H9Cl3N2O/c13-9-2-6(3-10(14)11(9)15)12-7(5-18)1-8(16)4-17-12/h1-4,18H,5,16H2. The van der Waals surface area contributed by atoms with Gasteiger partial charge in [-0.2, -0.15) is 0 Å². The number of halogens is 3. The number of nitrogens with zero attached hydrogens (tertiary/aromatic N) is 1. The van der Waals surface area contributed by atoms with Crippen LogP contribution in [0, 0.1) is 0 Å². The Labute approximate surface area is 119 Å². The van der Waals surface area contributed by atoms with Gasteiger partial charge in [-0.05, 0) is 18.2 Å². The molecule has 2 aromatic rings. The van der Waals surface area contributed by atoms with Crippen molar-refractivity contribution in [3.05, 3.63) is 45.0 Å². The molecule has 0 aliphatic carbocycles. The summed E-state index contributed by atoms with van der Waals surface area (Å²) < 4.78 is 0. The van der Waals surface area contributed by atoms with Crippen molar-refractivity contribution in [3.63, 3.8) is 0 Å². The summed E-state index contributed by atoms with van der Waals surface area (Å²) in [5.74, 6) is 0. The van der Waals surface area contributed by atoms with Gasteiger partial charge in [0.2, 0.25) is 0 Å². The normalized spacial score (nSPS) is 10.7. The van der Waals surface area contributed by atoms with Gasteiger partial charge in [-0.25, -0.2) is 0 Å². The molecule has 0 atom stereocenters. The Bertz CT molecular complexity index is 579. The molecule has 0 radical (unpaired) electrons. The van der Waals surface area contributed by atoms with Crippen molar-refractivity contribution in [1.29, 1.82) is 0 Å². The minimum absolute atomic E-state index is 0.175. The maximum Gasteiger partial charge on any atom is 0.0778 e. The minimum atomic E-state index is -0.175. The first-order valence-electron chi connectivity index (χ1n) is 5.03. The summed E-state index contributed by atoms with van der Waals surface area (Å²) in [7, 11) is 0. The summed E-state index contributed by atoms with van der Waals surface area (Å²) in [5.41, 5.74) is 7.96. The molecule has 0 fully saturated rings. The molecule has 6 heteroatoms. The van der Waals surface area contributed by atoms with Crippen LogP contribution in [0.25, 0.3) is 11.3 Å². The topological polar surface area (TPSA) is 59.1 Å². The third-order valence-corrected chi connectivity index (χ3v) is 3.61. The van der Waals surface area contributed by atoms with E-state index in [-0.39, 0.29) is 6.61 Å². The second kappa shape index (κ2) is 5.33. The van der Waals surface area contributed by atoms with E-state index in [4.69, 9.17) is 40.5 Å². The Morgan fingerprint density at radius 3 is 2.28 bits per heavy atom. The van der Waals surface area contributed by atoms with Crippen LogP contribution in [-0.4, -0.2) is 10.1 Å². The molecule has 1 heterocycles. The molecule has 0 aliphatic heterocycles. The van der Waals surface area contributed by atoms with Crippen molar-refractivity contribution in [1.82, 2.24) is 4.98 Å². The molecule has 2 rings (SSSR count). The lowest BCUT2D eigenvalue weighted by molar-refractivity contribution is 0.282. The van der Waals surface area contributed by atoms with Crippen molar-refractivity contribution < 1.29 is 5.11 Å². The zero-order valence-corrected chi connectivity index (χ0v) is 11.4. The highest BCUT2D eigenvalue weighted by Crippen LogP contribution is 2.35. The van der Waals surface area contributed by atoms with E-state index in [0.29, 0.717) is 37.6 Å². The minimum Gasteiger partial charge on any atom is -0.397 e. The van der Waals surface area contributed by atoms with Crippen molar-refractivity contribution in [2.75, 3.05) is 5.73 Å². The number of rotatable bonds is 2. The predicted molar refractivity (Wildman–Crippen MR) is 75.0 cm³/mol. The lowest BCUT2D eigenvalue weighted by Gasteiger charge is -2.09. The van der Waals surface area contributed by atoms with E-state index in [9.17, 15) is 5.11 Å². The fraction of sp³-hybridized carbons (Fsp3) is 0.0833. The fourth-order valence-electron chi connectivity index (χ4n) is 1.60. The van der Waals surface area contributed by atoms with Gasteiger partial charge in [-0.15, -0.1) is 0 Å². The van der Waals surface area contributed by atoms with Crippen molar-refractivity contribution in [2.45, 2.75) is 6.61 Å². The Hall–Kier alpha value is -1.00. The van der Waals surface area contributed by atoms with Crippen molar-refractivity contribution in [2.24, 2.45) is 0 Å². The third-order valence-electron chi connectivity index (χ3n) is 2.42. The van der Waals surface area contributed by atoms with E-state index < -0.39 is 0 Å². The van der Waals surface area contributed by atoms with E-state index in [2.05, 4.69) is 4.98 Å². The van der Waals surface area contributed by atoms with Crippen molar-refractivity contribution >= 4 is 40.5 Å². The van der Waals surface area contributed by atoms with Crippen LogP contribution in [0.2, 0.25) is 15.1 Å². The third kappa shape index (κ3) is 2.54. The first kappa shape index (κ1) is 13.4. The Morgan fingerprint density at radius 1 is 1.11 bits per heavy atom. The quantitative estimate of drug-likeness (QED) is 0.830. The number of aliphatic hydroxyl groups is 1. The first-order valence-corrected chi connectivity index (χ1v) is 6.16. The average Bonchev–Trinajstić information content (AvgIpc) is 2.35. The number of hydrogen-bond donors (Lipinski definition) is 2.